The second-order valence-corrected chi connectivity index (χ2v) is 8.04. The van der Waals surface area contributed by atoms with E-state index in [1.807, 2.05) is 26.8 Å². The van der Waals surface area contributed by atoms with Crippen LogP contribution in [0.4, 0.5) is 0 Å². The molecule has 2 aromatic carbocycles. The Morgan fingerprint density at radius 3 is 1.93 bits per heavy atom. The molecule has 2 nitrogen and oxygen atoms in total. The van der Waals surface area contributed by atoms with Crippen LogP contribution in [0.15, 0.2) is 66.8 Å². The Hall–Kier alpha value is -2.10. The van der Waals surface area contributed by atoms with Crippen molar-refractivity contribution in [1.82, 2.24) is 0 Å². The van der Waals surface area contributed by atoms with Gasteiger partial charge < -0.3 is 9.31 Å². The highest BCUT2D eigenvalue weighted by molar-refractivity contribution is 6.62. The molecule has 2 aromatic rings. The molecular formula is C26H35BO2. The molecule has 0 aliphatic carbocycles. The van der Waals surface area contributed by atoms with E-state index >= 15 is 0 Å². The first-order valence-corrected chi connectivity index (χ1v) is 10.6. The monoisotopic (exact) mass is 390 g/mol. The Labute approximate surface area is 177 Å². The zero-order valence-corrected chi connectivity index (χ0v) is 19.2. The SMILES string of the molecule is C/C=C\C(=C/C)c1cc(B2OC(C)(C)C(C)(C)O2)cc(-c2ccccc2)c1.CC. The molecular weight excluding hydrogens is 355 g/mol. The van der Waals surface area contributed by atoms with Crippen molar-refractivity contribution >= 4 is 18.2 Å². The Morgan fingerprint density at radius 1 is 0.828 bits per heavy atom. The summed E-state index contributed by atoms with van der Waals surface area (Å²) < 4.78 is 12.6. The zero-order chi connectivity index (χ0) is 21.7. The van der Waals surface area contributed by atoms with Crippen LogP contribution in [-0.4, -0.2) is 18.3 Å². The summed E-state index contributed by atoms with van der Waals surface area (Å²) in [5.74, 6) is 0. The van der Waals surface area contributed by atoms with Crippen molar-refractivity contribution in [2.75, 3.05) is 0 Å². The van der Waals surface area contributed by atoms with E-state index in [-0.39, 0.29) is 18.3 Å². The molecule has 1 heterocycles. The minimum Gasteiger partial charge on any atom is -0.399 e. The number of allylic oxidation sites excluding steroid dienone is 4. The fourth-order valence-corrected chi connectivity index (χ4v) is 3.27. The number of benzene rings is 2. The molecule has 0 unspecified atom stereocenters. The van der Waals surface area contributed by atoms with Crippen molar-refractivity contribution in [3.63, 3.8) is 0 Å². The number of hydrogen-bond acceptors (Lipinski definition) is 2. The van der Waals surface area contributed by atoms with E-state index in [1.54, 1.807) is 0 Å². The molecule has 0 amide bonds. The molecule has 3 heteroatoms. The van der Waals surface area contributed by atoms with Gasteiger partial charge in [-0.3, -0.25) is 0 Å². The van der Waals surface area contributed by atoms with Crippen molar-refractivity contribution in [3.05, 3.63) is 72.3 Å². The third-order valence-electron chi connectivity index (χ3n) is 5.58. The molecule has 3 rings (SSSR count). The average Bonchev–Trinajstić information content (AvgIpc) is 2.95. The van der Waals surface area contributed by atoms with Crippen LogP contribution in [0.1, 0.15) is 61.0 Å². The lowest BCUT2D eigenvalue weighted by molar-refractivity contribution is 0.00578. The molecule has 1 aliphatic heterocycles. The minimum absolute atomic E-state index is 0.354. The predicted molar refractivity (Wildman–Crippen MR) is 127 cm³/mol. The summed E-state index contributed by atoms with van der Waals surface area (Å²) in [5, 5.41) is 0. The van der Waals surface area contributed by atoms with Crippen molar-refractivity contribution in [2.24, 2.45) is 0 Å². The molecule has 0 atom stereocenters. The first-order chi connectivity index (χ1) is 13.8. The largest absolute Gasteiger partial charge is 0.494 e. The van der Waals surface area contributed by atoms with Crippen molar-refractivity contribution < 1.29 is 9.31 Å². The van der Waals surface area contributed by atoms with E-state index in [0.29, 0.717) is 0 Å². The van der Waals surface area contributed by atoms with Gasteiger partial charge in [-0.2, -0.15) is 0 Å². The van der Waals surface area contributed by atoms with Gasteiger partial charge in [0, 0.05) is 0 Å². The fourth-order valence-electron chi connectivity index (χ4n) is 3.27. The molecule has 0 saturated carbocycles. The van der Waals surface area contributed by atoms with Crippen LogP contribution in [0.3, 0.4) is 0 Å². The molecule has 1 aliphatic rings. The quantitative estimate of drug-likeness (QED) is 0.429. The molecule has 154 valence electrons. The Kier molecular flexibility index (Phi) is 7.68. The van der Waals surface area contributed by atoms with Gasteiger partial charge in [-0.25, -0.2) is 0 Å². The summed E-state index contributed by atoms with van der Waals surface area (Å²) in [6.45, 7) is 16.5. The molecule has 1 saturated heterocycles. The minimum atomic E-state index is -0.374. The highest BCUT2D eigenvalue weighted by Crippen LogP contribution is 2.37. The second kappa shape index (κ2) is 9.60. The molecule has 0 N–H and O–H groups in total. The third kappa shape index (κ3) is 5.09. The summed E-state index contributed by atoms with van der Waals surface area (Å²) in [6.07, 6.45) is 6.34. The normalized spacial score (nSPS) is 17.9. The van der Waals surface area contributed by atoms with E-state index in [4.69, 9.17) is 9.31 Å². The van der Waals surface area contributed by atoms with E-state index in [0.717, 1.165) is 5.46 Å². The van der Waals surface area contributed by atoms with Gasteiger partial charge in [-0.15, -0.1) is 0 Å². The highest BCUT2D eigenvalue weighted by Gasteiger charge is 2.51. The summed E-state index contributed by atoms with van der Waals surface area (Å²) in [4.78, 5) is 0. The van der Waals surface area contributed by atoms with Gasteiger partial charge >= 0.3 is 7.12 Å². The van der Waals surface area contributed by atoms with Gasteiger partial charge in [0.1, 0.15) is 0 Å². The molecule has 0 aromatic heterocycles. The van der Waals surface area contributed by atoms with Gasteiger partial charge in [0.2, 0.25) is 0 Å². The van der Waals surface area contributed by atoms with Gasteiger partial charge in [-0.1, -0.05) is 74.5 Å². The highest BCUT2D eigenvalue weighted by atomic mass is 16.7. The van der Waals surface area contributed by atoms with Crippen LogP contribution in [0.2, 0.25) is 0 Å². The summed E-state index contributed by atoms with van der Waals surface area (Å²) in [7, 11) is -0.374. The lowest BCUT2D eigenvalue weighted by Crippen LogP contribution is -2.41. The third-order valence-corrected chi connectivity index (χ3v) is 5.58. The van der Waals surface area contributed by atoms with Gasteiger partial charge in [0.15, 0.2) is 0 Å². The second-order valence-electron chi connectivity index (χ2n) is 8.04. The maximum atomic E-state index is 6.31. The Bertz CT molecular complexity index is 848. The van der Waals surface area contributed by atoms with Crippen molar-refractivity contribution in [1.29, 1.82) is 0 Å². The summed E-state index contributed by atoms with van der Waals surface area (Å²) >= 11 is 0. The molecule has 0 radical (unpaired) electrons. The molecule has 1 fully saturated rings. The Morgan fingerprint density at radius 2 is 1.41 bits per heavy atom. The maximum Gasteiger partial charge on any atom is 0.494 e. The average molecular weight is 390 g/mol. The van der Waals surface area contributed by atoms with E-state index in [9.17, 15) is 0 Å². The fraction of sp³-hybridized carbons (Fsp3) is 0.385. The van der Waals surface area contributed by atoms with Gasteiger partial charge in [0.05, 0.1) is 11.2 Å². The van der Waals surface area contributed by atoms with Crippen LogP contribution in [0.5, 0.6) is 0 Å². The van der Waals surface area contributed by atoms with Gasteiger partial charge in [0.25, 0.3) is 0 Å². The van der Waals surface area contributed by atoms with Crippen molar-refractivity contribution in [2.45, 2.75) is 66.6 Å². The van der Waals surface area contributed by atoms with E-state index < -0.39 is 0 Å². The van der Waals surface area contributed by atoms with Crippen LogP contribution < -0.4 is 5.46 Å². The smallest absolute Gasteiger partial charge is 0.399 e. The molecule has 0 spiro atoms. The number of hydrogen-bond donors (Lipinski definition) is 0. The van der Waals surface area contributed by atoms with E-state index in [2.05, 4.69) is 95.3 Å². The lowest BCUT2D eigenvalue weighted by atomic mass is 9.76. The van der Waals surface area contributed by atoms with Gasteiger partial charge in [-0.05, 0) is 75.3 Å². The van der Waals surface area contributed by atoms with Crippen molar-refractivity contribution in [3.8, 4) is 11.1 Å². The first kappa shape index (κ1) is 23.2. The molecule has 29 heavy (non-hydrogen) atoms. The predicted octanol–water partition coefficient (Wildman–Crippen LogP) is 6.66. The lowest BCUT2D eigenvalue weighted by Gasteiger charge is -2.32. The van der Waals surface area contributed by atoms with Crippen LogP contribution in [0.25, 0.3) is 16.7 Å². The zero-order valence-electron chi connectivity index (χ0n) is 19.2. The maximum absolute atomic E-state index is 6.31. The Balaban J connectivity index is 0.00000145. The van der Waals surface area contributed by atoms with Crippen LogP contribution in [0, 0.1) is 0 Å². The molecule has 0 bridgehead atoms. The first-order valence-electron chi connectivity index (χ1n) is 10.6. The van der Waals surface area contributed by atoms with Crippen LogP contribution >= 0.6 is 0 Å². The standard InChI is InChI=1S/C24H29BO2.C2H6/c1-7-12-18(8-2)20-15-21(19-13-10-9-11-14-19)17-22(16-20)25-26-23(3,4)24(5,6)27-25;1-2/h7-17H,1-6H3;1-2H3/b12-7-,18-8+;. The summed E-state index contributed by atoms with van der Waals surface area (Å²) in [6, 6.07) is 17.1. The summed E-state index contributed by atoms with van der Waals surface area (Å²) in [5.41, 5.74) is 5.05. The van der Waals surface area contributed by atoms with E-state index in [1.165, 1.54) is 22.3 Å². The topological polar surface area (TPSA) is 18.5 Å². The van der Waals surface area contributed by atoms with Crippen LogP contribution in [-0.2, 0) is 9.31 Å². The number of rotatable bonds is 4.